The number of anilines is 1. The van der Waals surface area contributed by atoms with Gasteiger partial charge in [-0.1, -0.05) is 29.8 Å². The molecule has 0 fully saturated rings. The van der Waals surface area contributed by atoms with Crippen molar-refractivity contribution in [3.8, 4) is 0 Å². The topological polar surface area (TPSA) is 20.3 Å². The van der Waals surface area contributed by atoms with Gasteiger partial charge < -0.3 is 4.90 Å². The number of hydrogen-bond acceptors (Lipinski definition) is 2. The largest absolute Gasteiger partial charge is 0.307 e. The first-order valence-corrected chi connectivity index (χ1v) is 8.26. The van der Waals surface area contributed by atoms with Crippen LogP contribution < -0.4 is 4.90 Å². The average Bonchev–Trinajstić information content (AvgIpc) is 2.69. The summed E-state index contributed by atoms with van der Waals surface area (Å²) < 4.78 is 0. The third kappa shape index (κ3) is 2.84. The normalized spacial score (nSPS) is 14.5. The van der Waals surface area contributed by atoms with Crippen molar-refractivity contribution < 1.29 is 4.79 Å². The molecule has 0 radical (unpaired) electrons. The minimum atomic E-state index is 0.113. The predicted octanol–water partition coefficient (Wildman–Crippen LogP) is 4.45. The van der Waals surface area contributed by atoms with Crippen LogP contribution in [0.2, 0.25) is 0 Å². The predicted molar refractivity (Wildman–Crippen MR) is 89.4 cm³/mol. The number of rotatable bonds is 1. The molecule has 108 valence electrons. The van der Waals surface area contributed by atoms with Crippen LogP contribution in [0, 0.1) is 13.8 Å². The molecule has 3 heteroatoms. The highest BCUT2D eigenvalue weighted by Crippen LogP contribution is 2.34. The first-order chi connectivity index (χ1) is 10.2. The fourth-order valence-electron chi connectivity index (χ4n) is 2.74. The molecule has 0 N–H and O–H groups in total. The van der Waals surface area contributed by atoms with Gasteiger partial charge in [0.25, 0.3) is 5.91 Å². The molecule has 1 heterocycles. The standard InChI is InChI=1S/C18H19NOS/c1-13-8-9-15(14(2)12-13)18(20)19-10-5-11-21-17-7-4-3-6-16(17)19/h3-4,6-9,12H,5,10-11H2,1-2H3. The minimum absolute atomic E-state index is 0.113. The van der Waals surface area contributed by atoms with E-state index in [0.29, 0.717) is 0 Å². The van der Waals surface area contributed by atoms with Gasteiger partial charge in [-0.05, 0) is 49.8 Å². The van der Waals surface area contributed by atoms with Crippen LogP contribution in [0.1, 0.15) is 27.9 Å². The van der Waals surface area contributed by atoms with E-state index in [0.717, 1.165) is 35.5 Å². The van der Waals surface area contributed by atoms with Gasteiger partial charge in [-0.2, -0.15) is 0 Å². The van der Waals surface area contributed by atoms with Crippen LogP contribution in [0.3, 0.4) is 0 Å². The summed E-state index contributed by atoms with van der Waals surface area (Å²) in [7, 11) is 0. The van der Waals surface area contributed by atoms with Crippen molar-refractivity contribution in [2.75, 3.05) is 17.2 Å². The number of fused-ring (bicyclic) bond motifs is 1. The Labute approximate surface area is 130 Å². The summed E-state index contributed by atoms with van der Waals surface area (Å²) >= 11 is 1.84. The third-order valence-electron chi connectivity index (χ3n) is 3.80. The quantitative estimate of drug-likeness (QED) is 0.775. The van der Waals surface area contributed by atoms with Crippen LogP contribution in [0.15, 0.2) is 47.4 Å². The van der Waals surface area contributed by atoms with Gasteiger partial charge in [0.2, 0.25) is 0 Å². The number of amides is 1. The lowest BCUT2D eigenvalue weighted by atomic mass is 10.0. The molecule has 2 nitrogen and oxygen atoms in total. The molecule has 1 aliphatic rings. The number of benzene rings is 2. The molecule has 1 amide bonds. The molecular formula is C18H19NOS. The Balaban J connectivity index is 2.01. The lowest BCUT2D eigenvalue weighted by Gasteiger charge is -2.23. The summed E-state index contributed by atoms with van der Waals surface area (Å²) in [5.74, 6) is 1.18. The molecule has 1 aliphatic heterocycles. The van der Waals surface area contributed by atoms with E-state index < -0.39 is 0 Å². The molecule has 0 aliphatic carbocycles. The van der Waals surface area contributed by atoms with E-state index in [2.05, 4.69) is 25.1 Å². The lowest BCUT2D eigenvalue weighted by molar-refractivity contribution is 0.0986. The Morgan fingerprint density at radius 1 is 1.14 bits per heavy atom. The van der Waals surface area contributed by atoms with E-state index in [1.807, 2.05) is 47.9 Å². The van der Waals surface area contributed by atoms with Gasteiger partial charge in [-0.25, -0.2) is 0 Å². The summed E-state index contributed by atoms with van der Waals surface area (Å²) in [4.78, 5) is 16.1. The Kier molecular flexibility index (Phi) is 4.02. The van der Waals surface area contributed by atoms with Crippen LogP contribution in [0.5, 0.6) is 0 Å². The molecule has 0 unspecified atom stereocenters. The van der Waals surface area contributed by atoms with Crippen LogP contribution in [0.25, 0.3) is 0 Å². The molecule has 2 aromatic carbocycles. The monoisotopic (exact) mass is 297 g/mol. The van der Waals surface area contributed by atoms with Gasteiger partial charge in [0.15, 0.2) is 0 Å². The van der Waals surface area contributed by atoms with E-state index in [9.17, 15) is 4.79 Å². The maximum absolute atomic E-state index is 13.0. The maximum atomic E-state index is 13.0. The zero-order valence-corrected chi connectivity index (χ0v) is 13.2. The molecule has 0 bridgehead atoms. The van der Waals surface area contributed by atoms with Gasteiger partial charge in [-0.3, -0.25) is 4.79 Å². The molecule has 2 aromatic rings. The van der Waals surface area contributed by atoms with Crippen molar-refractivity contribution in [3.63, 3.8) is 0 Å². The van der Waals surface area contributed by atoms with E-state index in [1.165, 1.54) is 10.5 Å². The molecular weight excluding hydrogens is 278 g/mol. The number of carbonyl (C=O) groups excluding carboxylic acids is 1. The van der Waals surface area contributed by atoms with Crippen LogP contribution >= 0.6 is 11.8 Å². The molecule has 0 saturated heterocycles. The highest BCUT2D eigenvalue weighted by Gasteiger charge is 2.23. The first kappa shape index (κ1) is 14.2. The number of hydrogen-bond donors (Lipinski definition) is 0. The Morgan fingerprint density at radius 2 is 1.95 bits per heavy atom. The maximum Gasteiger partial charge on any atom is 0.258 e. The summed E-state index contributed by atoms with van der Waals surface area (Å²) in [6.07, 6.45) is 1.02. The van der Waals surface area contributed by atoms with Gasteiger partial charge in [0.05, 0.1) is 5.69 Å². The Bertz CT molecular complexity index is 681. The summed E-state index contributed by atoms with van der Waals surface area (Å²) in [5, 5.41) is 0. The highest BCUT2D eigenvalue weighted by atomic mass is 32.2. The number of carbonyl (C=O) groups is 1. The molecule has 3 rings (SSSR count). The molecule has 0 spiro atoms. The van der Waals surface area contributed by atoms with Crippen molar-refractivity contribution in [2.45, 2.75) is 25.2 Å². The van der Waals surface area contributed by atoms with Crippen molar-refractivity contribution in [2.24, 2.45) is 0 Å². The zero-order chi connectivity index (χ0) is 14.8. The molecule has 0 aromatic heterocycles. The lowest BCUT2D eigenvalue weighted by Crippen LogP contribution is -2.32. The van der Waals surface area contributed by atoms with Gasteiger partial charge in [0, 0.05) is 17.0 Å². The SMILES string of the molecule is Cc1ccc(C(=O)N2CCCSc3ccccc32)c(C)c1. The van der Waals surface area contributed by atoms with Crippen LogP contribution in [-0.2, 0) is 0 Å². The second kappa shape index (κ2) is 5.94. The van der Waals surface area contributed by atoms with Crippen molar-refractivity contribution >= 4 is 23.4 Å². The zero-order valence-electron chi connectivity index (χ0n) is 12.4. The second-order valence-electron chi connectivity index (χ2n) is 5.44. The minimum Gasteiger partial charge on any atom is -0.307 e. The first-order valence-electron chi connectivity index (χ1n) is 7.28. The highest BCUT2D eigenvalue weighted by molar-refractivity contribution is 7.99. The number of aryl methyl sites for hydroxylation is 2. The molecule has 0 saturated carbocycles. The van der Waals surface area contributed by atoms with E-state index in [1.54, 1.807) is 0 Å². The Morgan fingerprint density at radius 3 is 2.76 bits per heavy atom. The van der Waals surface area contributed by atoms with Gasteiger partial charge in [-0.15, -0.1) is 11.8 Å². The van der Waals surface area contributed by atoms with Crippen LogP contribution in [0.4, 0.5) is 5.69 Å². The van der Waals surface area contributed by atoms with Crippen molar-refractivity contribution in [1.82, 2.24) is 0 Å². The molecule has 0 atom stereocenters. The summed E-state index contributed by atoms with van der Waals surface area (Å²) in [5.41, 5.74) is 4.09. The van der Waals surface area contributed by atoms with Crippen molar-refractivity contribution in [3.05, 3.63) is 59.2 Å². The van der Waals surface area contributed by atoms with Crippen LogP contribution in [-0.4, -0.2) is 18.2 Å². The van der Waals surface area contributed by atoms with E-state index in [-0.39, 0.29) is 5.91 Å². The smallest absolute Gasteiger partial charge is 0.258 e. The summed E-state index contributed by atoms with van der Waals surface area (Å²) in [6, 6.07) is 14.2. The Hall–Kier alpha value is -1.74. The molecule has 21 heavy (non-hydrogen) atoms. The summed E-state index contributed by atoms with van der Waals surface area (Å²) in [6.45, 7) is 4.86. The fraction of sp³-hybridized carbons (Fsp3) is 0.278. The van der Waals surface area contributed by atoms with E-state index in [4.69, 9.17) is 0 Å². The van der Waals surface area contributed by atoms with E-state index >= 15 is 0 Å². The number of nitrogens with zero attached hydrogens (tertiary/aromatic N) is 1. The number of thioether (sulfide) groups is 1. The average molecular weight is 297 g/mol. The van der Waals surface area contributed by atoms with Crippen molar-refractivity contribution in [1.29, 1.82) is 0 Å². The second-order valence-corrected chi connectivity index (χ2v) is 6.58. The van der Waals surface area contributed by atoms with Gasteiger partial charge in [0.1, 0.15) is 0 Å². The number of para-hydroxylation sites is 1. The van der Waals surface area contributed by atoms with Gasteiger partial charge >= 0.3 is 0 Å². The third-order valence-corrected chi connectivity index (χ3v) is 4.95. The fourth-order valence-corrected chi connectivity index (χ4v) is 3.73.